The Morgan fingerprint density at radius 1 is 1.42 bits per heavy atom. The van der Waals surface area contributed by atoms with E-state index in [1.807, 2.05) is 0 Å². The maximum Gasteiger partial charge on any atom is 0.273 e. The summed E-state index contributed by atoms with van der Waals surface area (Å²) in [6, 6.07) is 0. The zero-order chi connectivity index (χ0) is 18.1. The molecule has 10 heteroatoms. The standard InChI is InChI=1S/C16H18N6O2S2/c1-10-3-2-5-21(7-10)16-20-13-12(26-16)14(24)22(9-18-13)8-11(23)19-15-17-4-6-25-15/h4,6,9-10H,2-3,5,7-8H2,1H3,(H,17,19,23)/t10-/m0/s1. The van der Waals surface area contributed by atoms with Gasteiger partial charge in [-0.3, -0.25) is 14.2 Å². The zero-order valence-electron chi connectivity index (χ0n) is 14.2. The van der Waals surface area contributed by atoms with Gasteiger partial charge in [-0.05, 0) is 18.8 Å². The summed E-state index contributed by atoms with van der Waals surface area (Å²) in [6.07, 6.45) is 5.35. The van der Waals surface area contributed by atoms with E-state index >= 15 is 0 Å². The molecule has 0 bridgehead atoms. The van der Waals surface area contributed by atoms with Crippen molar-refractivity contribution in [1.29, 1.82) is 0 Å². The van der Waals surface area contributed by atoms with E-state index in [2.05, 4.69) is 32.1 Å². The molecule has 0 radical (unpaired) electrons. The number of aromatic nitrogens is 4. The van der Waals surface area contributed by atoms with Gasteiger partial charge in [0, 0.05) is 24.7 Å². The van der Waals surface area contributed by atoms with E-state index in [-0.39, 0.29) is 18.0 Å². The number of nitrogens with one attached hydrogen (secondary N) is 1. The molecule has 1 amide bonds. The number of rotatable bonds is 4. The highest BCUT2D eigenvalue weighted by Crippen LogP contribution is 2.29. The molecule has 1 saturated heterocycles. The van der Waals surface area contributed by atoms with Gasteiger partial charge in [-0.15, -0.1) is 11.3 Å². The van der Waals surface area contributed by atoms with Gasteiger partial charge in [-0.25, -0.2) is 9.97 Å². The molecule has 1 N–H and O–H groups in total. The number of carbonyl (C=O) groups is 1. The minimum atomic E-state index is -0.308. The van der Waals surface area contributed by atoms with Gasteiger partial charge >= 0.3 is 0 Å². The second-order valence-electron chi connectivity index (χ2n) is 6.41. The number of amides is 1. The molecule has 0 spiro atoms. The molecule has 1 aliphatic rings. The summed E-state index contributed by atoms with van der Waals surface area (Å²) in [5.74, 6) is 0.313. The molecule has 0 aromatic carbocycles. The van der Waals surface area contributed by atoms with Crippen molar-refractivity contribution in [3.63, 3.8) is 0 Å². The van der Waals surface area contributed by atoms with Crippen molar-refractivity contribution in [2.24, 2.45) is 5.92 Å². The first-order valence-corrected chi connectivity index (χ1v) is 10.1. The second-order valence-corrected chi connectivity index (χ2v) is 8.28. The van der Waals surface area contributed by atoms with Gasteiger partial charge < -0.3 is 10.2 Å². The maximum atomic E-state index is 12.7. The smallest absolute Gasteiger partial charge is 0.273 e. The first kappa shape index (κ1) is 17.1. The van der Waals surface area contributed by atoms with E-state index < -0.39 is 0 Å². The number of carbonyl (C=O) groups excluding carboxylic acids is 1. The average Bonchev–Trinajstić information content (AvgIpc) is 3.27. The fraction of sp³-hybridized carbons (Fsp3) is 0.438. The molecule has 136 valence electrons. The third kappa shape index (κ3) is 3.47. The fourth-order valence-corrected chi connectivity index (χ4v) is 4.59. The van der Waals surface area contributed by atoms with Crippen molar-refractivity contribution in [2.75, 3.05) is 23.3 Å². The molecule has 0 saturated carbocycles. The molecule has 8 nitrogen and oxygen atoms in total. The van der Waals surface area contributed by atoms with Gasteiger partial charge in [-0.2, -0.15) is 4.98 Å². The number of piperidine rings is 1. The number of fused-ring (bicyclic) bond motifs is 1. The van der Waals surface area contributed by atoms with E-state index in [9.17, 15) is 9.59 Å². The Morgan fingerprint density at radius 2 is 2.31 bits per heavy atom. The van der Waals surface area contributed by atoms with Crippen molar-refractivity contribution < 1.29 is 4.79 Å². The molecular weight excluding hydrogens is 372 g/mol. The molecule has 4 rings (SSSR count). The minimum Gasteiger partial charge on any atom is -0.348 e. The lowest BCUT2D eigenvalue weighted by atomic mass is 10.0. The molecule has 3 aromatic rings. The lowest BCUT2D eigenvalue weighted by Gasteiger charge is -2.30. The molecule has 26 heavy (non-hydrogen) atoms. The Hall–Kier alpha value is -2.33. The van der Waals surface area contributed by atoms with Crippen molar-refractivity contribution >= 4 is 49.2 Å². The van der Waals surface area contributed by atoms with Gasteiger partial charge in [-0.1, -0.05) is 18.3 Å². The lowest BCUT2D eigenvalue weighted by molar-refractivity contribution is -0.116. The van der Waals surface area contributed by atoms with Crippen LogP contribution in [0.5, 0.6) is 0 Å². The molecule has 3 aromatic heterocycles. The third-order valence-corrected chi connectivity index (χ3v) is 6.07. The van der Waals surface area contributed by atoms with Crippen LogP contribution < -0.4 is 15.8 Å². The predicted octanol–water partition coefficient (Wildman–Crippen LogP) is 2.18. The fourth-order valence-electron chi connectivity index (χ4n) is 3.04. The van der Waals surface area contributed by atoms with Crippen molar-refractivity contribution in [2.45, 2.75) is 26.3 Å². The monoisotopic (exact) mass is 390 g/mol. The van der Waals surface area contributed by atoms with Crippen LogP contribution in [0, 0.1) is 5.92 Å². The summed E-state index contributed by atoms with van der Waals surface area (Å²) in [7, 11) is 0. The zero-order valence-corrected chi connectivity index (χ0v) is 15.8. The van der Waals surface area contributed by atoms with Crippen LogP contribution in [0.2, 0.25) is 0 Å². The van der Waals surface area contributed by atoms with E-state index in [4.69, 9.17) is 0 Å². The Morgan fingerprint density at radius 3 is 3.08 bits per heavy atom. The van der Waals surface area contributed by atoms with Crippen LogP contribution in [0.1, 0.15) is 19.8 Å². The summed E-state index contributed by atoms with van der Waals surface area (Å²) >= 11 is 2.68. The van der Waals surface area contributed by atoms with E-state index in [0.29, 0.717) is 21.4 Å². The van der Waals surface area contributed by atoms with E-state index in [0.717, 1.165) is 24.6 Å². The van der Waals surface area contributed by atoms with Crippen LogP contribution >= 0.6 is 22.7 Å². The normalized spacial score (nSPS) is 17.6. The van der Waals surface area contributed by atoms with E-state index in [1.54, 1.807) is 11.6 Å². The van der Waals surface area contributed by atoms with Gasteiger partial charge in [0.1, 0.15) is 17.6 Å². The SMILES string of the molecule is C[C@H]1CCCN(c2nc3ncn(CC(=O)Nc4nccs4)c(=O)c3s2)C1. The molecule has 4 heterocycles. The summed E-state index contributed by atoms with van der Waals surface area (Å²) in [6.45, 7) is 4.03. The van der Waals surface area contributed by atoms with Gasteiger partial charge in [0.2, 0.25) is 5.91 Å². The molecule has 1 aliphatic heterocycles. The van der Waals surface area contributed by atoms with Crippen molar-refractivity contribution in [3.05, 3.63) is 28.3 Å². The van der Waals surface area contributed by atoms with Crippen molar-refractivity contribution in [3.8, 4) is 0 Å². The summed E-state index contributed by atoms with van der Waals surface area (Å²) in [5.41, 5.74) is 0.211. The summed E-state index contributed by atoms with van der Waals surface area (Å²) in [4.78, 5) is 39.8. The lowest BCUT2D eigenvalue weighted by Crippen LogP contribution is -2.34. The number of anilines is 2. The van der Waals surface area contributed by atoms with Crippen LogP contribution in [0.25, 0.3) is 10.3 Å². The quantitative estimate of drug-likeness (QED) is 0.734. The van der Waals surface area contributed by atoms with Crippen LogP contribution in [0.4, 0.5) is 10.3 Å². The number of nitrogens with zero attached hydrogens (tertiary/aromatic N) is 5. The average molecular weight is 390 g/mol. The molecule has 0 unspecified atom stereocenters. The van der Waals surface area contributed by atoms with Gasteiger partial charge in [0.25, 0.3) is 5.56 Å². The van der Waals surface area contributed by atoms with Crippen LogP contribution in [-0.4, -0.2) is 38.5 Å². The third-order valence-electron chi connectivity index (χ3n) is 4.29. The van der Waals surface area contributed by atoms with Crippen molar-refractivity contribution in [1.82, 2.24) is 19.5 Å². The highest BCUT2D eigenvalue weighted by Gasteiger charge is 2.21. The van der Waals surface area contributed by atoms with Crippen LogP contribution in [0.3, 0.4) is 0 Å². The topological polar surface area (TPSA) is 93.0 Å². The molecule has 1 atom stereocenters. The van der Waals surface area contributed by atoms with Gasteiger partial charge in [0.15, 0.2) is 15.9 Å². The maximum absolute atomic E-state index is 12.7. The first-order chi connectivity index (χ1) is 12.6. The highest BCUT2D eigenvalue weighted by atomic mass is 32.1. The predicted molar refractivity (Wildman–Crippen MR) is 103 cm³/mol. The van der Waals surface area contributed by atoms with Crippen LogP contribution in [-0.2, 0) is 11.3 Å². The molecule has 0 aliphatic carbocycles. The summed E-state index contributed by atoms with van der Waals surface area (Å²) < 4.78 is 1.80. The Bertz CT molecular complexity index is 980. The first-order valence-electron chi connectivity index (χ1n) is 8.40. The Kier molecular flexibility index (Phi) is 4.68. The van der Waals surface area contributed by atoms with E-state index in [1.165, 1.54) is 40.0 Å². The Labute approximate surface area is 157 Å². The largest absolute Gasteiger partial charge is 0.348 e. The van der Waals surface area contributed by atoms with Gasteiger partial charge in [0.05, 0.1) is 0 Å². The molecular formula is C16H18N6O2S2. The number of thiazole rings is 2. The highest BCUT2D eigenvalue weighted by molar-refractivity contribution is 7.22. The van der Waals surface area contributed by atoms with Crippen LogP contribution in [0.15, 0.2) is 22.7 Å². The number of hydrogen-bond acceptors (Lipinski definition) is 8. The minimum absolute atomic E-state index is 0.102. The number of hydrogen-bond donors (Lipinski definition) is 1. The molecule has 1 fully saturated rings. The Balaban J connectivity index is 1.56. The second kappa shape index (κ2) is 7.12. The summed E-state index contributed by atoms with van der Waals surface area (Å²) in [5, 5.41) is 5.79.